The first-order valence-electron chi connectivity index (χ1n) is 12.5. The minimum Gasteiger partial charge on any atom is -0.492 e. The van der Waals surface area contributed by atoms with Gasteiger partial charge in [0.05, 0.1) is 38.7 Å². The molecule has 0 N–H and O–H groups in total. The predicted molar refractivity (Wildman–Crippen MR) is 141 cm³/mol. The molecule has 0 amide bonds. The second-order valence-corrected chi connectivity index (χ2v) is 9.27. The van der Waals surface area contributed by atoms with Crippen molar-refractivity contribution in [1.82, 2.24) is 19.2 Å². The quantitative estimate of drug-likeness (QED) is 0.445. The third kappa shape index (κ3) is 5.52. The van der Waals surface area contributed by atoms with Crippen LogP contribution in [-0.2, 0) is 18.0 Å². The minimum atomic E-state index is 0.673. The molecule has 0 saturated carbocycles. The largest absolute Gasteiger partial charge is 0.492 e. The van der Waals surface area contributed by atoms with Gasteiger partial charge < -0.3 is 19.3 Å². The highest BCUT2D eigenvalue weighted by molar-refractivity contribution is 7.71. The molecule has 35 heavy (non-hydrogen) atoms. The predicted octanol–water partition coefficient (Wildman–Crippen LogP) is 3.48. The van der Waals surface area contributed by atoms with Crippen molar-refractivity contribution in [2.24, 2.45) is 0 Å². The van der Waals surface area contributed by atoms with Crippen molar-refractivity contribution in [3.8, 4) is 5.75 Å². The fraction of sp³-hybridized carbons (Fsp3) is 0.462. The average Bonchev–Trinajstić information content (AvgIpc) is 3.21. The summed E-state index contributed by atoms with van der Waals surface area (Å²) in [6.45, 7) is 11.0. The molecule has 0 bridgehead atoms. The second kappa shape index (κ2) is 11.2. The smallest absolute Gasteiger partial charge is 0.226 e. The fourth-order valence-corrected chi connectivity index (χ4v) is 4.98. The van der Waals surface area contributed by atoms with Gasteiger partial charge in [-0.05, 0) is 36.8 Å². The number of ether oxygens (including phenoxy) is 2. The number of benzene rings is 2. The van der Waals surface area contributed by atoms with Crippen molar-refractivity contribution in [3.63, 3.8) is 0 Å². The van der Waals surface area contributed by atoms with Crippen LogP contribution in [0, 0.1) is 4.77 Å². The number of nitrogens with zero attached hydrogens (tertiary/aromatic N) is 6. The topological polar surface area (TPSA) is 50.9 Å². The van der Waals surface area contributed by atoms with Gasteiger partial charge in [-0.25, -0.2) is 4.68 Å². The molecular weight excluding hydrogens is 460 g/mol. The molecular formula is C26H34N6O2S. The molecule has 3 heterocycles. The van der Waals surface area contributed by atoms with Crippen molar-refractivity contribution >= 4 is 23.9 Å². The van der Waals surface area contributed by atoms with Crippen LogP contribution < -0.4 is 14.5 Å². The van der Waals surface area contributed by atoms with Gasteiger partial charge in [-0.1, -0.05) is 42.5 Å². The van der Waals surface area contributed by atoms with Crippen molar-refractivity contribution in [3.05, 3.63) is 64.9 Å². The van der Waals surface area contributed by atoms with E-state index in [1.54, 1.807) is 0 Å². The number of hydrogen-bond acceptors (Lipinski definition) is 7. The van der Waals surface area contributed by atoms with Gasteiger partial charge in [-0.3, -0.25) is 9.47 Å². The Morgan fingerprint density at radius 3 is 2.34 bits per heavy atom. The first-order valence-corrected chi connectivity index (χ1v) is 12.9. The average molecular weight is 495 g/mol. The summed E-state index contributed by atoms with van der Waals surface area (Å²) in [5.41, 5.74) is 2.39. The Morgan fingerprint density at radius 1 is 0.886 bits per heavy atom. The Kier molecular flexibility index (Phi) is 7.66. The van der Waals surface area contributed by atoms with Gasteiger partial charge in [0.25, 0.3) is 0 Å². The van der Waals surface area contributed by atoms with Crippen LogP contribution >= 0.6 is 12.2 Å². The lowest BCUT2D eigenvalue weighted by Crippen LogP contribution is -2.47. The molecule has 1 aromatic heterocycles. The molecule has 9 heteroatoms. The highest BCUT2D eigenvalue weighted by Gasteiger charge is 2.23. The van der Waals surface area contributed by atoms with E-state index >= 15 is 0 Å². The van der Waals surface area contributed by atoms with E-state index in [1.807, 2.05) is 23.7 Å². The second-order valence-electron chi connectivity index (χ2n) is 8.90. The van der Waals surface area contributed by atoms with Gasteiger partial charge in [0.2, 0.25) is 10.7 Å². The van der Waals surface area contributed by atoms with Gasteiger partial charge in [0, 0.05) is 39.3 Å². The number of morpholine rings is 1. The Hall–Kier alpha value is -2.88. The monoisotopic (exact) mass is 494 g/mol. The van der Waals surface area contributed by atoms with Crippen LogP contribution in [-0.4, -0.2) is 78.3 Å². The zero-order valence-electron chi connectivity index (χ0n) is 20.4. The molecule has 0 spiro atoms. The Balaban J connectivity index is 1.31. The van der Waals surface area contributed by atoms with Crippen LogP contribution in [0.25, 0.3) is 0 Å². The molecule has 2 fully saturated rings. The molecule has 5 rings (SSSR count). The summed E-state index contributed by atoms with van der Waals surface area (Å²) in [6.07, 6.45) is 0. The van der Waals surface area contributed by atoms with Crippen molar-refractivity contribution in [2.45, 2.75) is 20.1 Å². The maximum absolute atomic E-state index is 5.95. The fourth-order valence-electron chi connectivity index (χ4n) is 4.74. The SMILES string of the molecule is CCOc1ccccc1N1CCN(Cn2nc(N3CCOCC3)n(Cc3ccccc3)c2=S)CC1. The molecule has 186 valence electrons. The summed E-state index contributed by atoms with van der Waals surface area (Å²) in [4.78, 5) is 7.13. The lowest BCUT2D eigenvalue weighted by Gasteiger charge is -2.36. The van der Waals surface area contributed by atoms with Crippen LogP contribution in [0.2, 0.25) is 0 Å². The van der Waals surface area contributed by atoms with Crippen LogP contribution in [0.3, 0.4) is 0 Å². The van der Waals surface area contributed by atoms with E-state index in [0.29, 0.717) is 19.8 Å². The molecule has 0 unspecified atom stereocenters. The van der Waals surface area contributed by atoms with Crippen LogP contribution in [0.4, 0.5) is 11.6 Å². The minimum absolute atomic E-state index is 0.673. The number of para-hydroxylation sites is 2. The summed E-state index contributed by atoms with van der Waals surface area (Å²) >= 11 is 5.95. The standard InChI is InChI=1S/C26H34N6O2S/c1-2-34-24-11-7-6-10-23(24)29-14-12-28(13-15-29)21-32-26(35)31(20-22-8-4-3-5-9-22)25(27-32)30-16-18-33-19-17-30/h3-11H,2,12-21H2,1H3. The number of hydrogen-bond donors (Lipinski definition) is 0. The lowest BCUT2D eigenvalue weighted by molar-refractivity contribution is 0.121. The molecule has 2 saturated heterocycles. The van der Waals surface area contributed by atoms with Gasteiger partial charge in [-0.2, -0.15) is 0 Å². The summed E-state index contributed by atoms with van der Waals surface area (Å²) in [6, 6.07) is 18.8. The maximum atomic E-state index is 5.95. The van der Waals surface area contributed by atoms with Crippen LogP contribution in [0.5, 0.6) is 5.75 Å². The van der Waals surface area contributed by atoms with Crippen LogP contribution in [0.1, 0.15) is 12.5 Å². The summed E-state index contributed by atoms with van der Waals surface area (Å²) in [7, 11) is 0. The summed E-state index contributed by atoms with van der Waals surface area (Å²) in [5, 5.41) is 5.01. The van der Waals surface area contributed by atoms with Gasteiger partial charge >= 0.3 is 0 Å². The number of piperazine rings is 1. The molecule has 2 aliphatic rings. The van der Waals surface area contributed by atoms with E-state index in [0.717, 1.165) is 69.0 Å². The zero-order chi connectivity index (χ0) is 24.0. The molecule has 8 nitrogen and oxygen atoms in total. The van der Waals surface area contributed by atoms with Crippen molar-refractivity contribution in [2.75, 3.05) is 68.9 Å². The van der Waals surface area contributed by atoms with Crippen LogP contribution in [0.15, 0.2) is 54.6 Å². The molecule has 2 aromatic carbocycles. The van der Waals surface area contributed by atoms with E-state index < -0.39 is 0 Å². The van der Waals surface area contributed by atoms with Gasteiger partial charge in [0.1, 0.15) is 5.75 Å². The highest BCUT2D eigenvalue weighted by atomic mass is 32.1. The van der Waals surface area contributed by atoms with E-state index in [2.05, 4.69) is 61.7 Å². The number of aromatic nitrogens is 3. The first-order chi connectivity index (χ1) is 17.2. The molecule has 0 atom stereocenters. The lowest BCUT2D eigenvalue weighted by atomic mass is 10.2. The Bertz CT molecular complexity index is 1150. The Labute approximate surface area is 212 Å². The highest BCUT2D eigenvalue weighted by Crippen LogP contribution is 2.29. The number of anilines is 2. The maximum Gasteiger partial charge on any atom is 0.226 e. The van der Waals surface area contributed by atoms with E-state index in [9.17, 15) is 0 Å². The number of rotatable bonds is 8. The molecule has 0 aliphatic carbocycles. The van der Waals surface area contributed by atoms with Gasteiger partial charge in [0.15, 0.2) is 0 Å². The Morgan fingerprint density at radius 2 is 1.60 bits per heavy atom. The molecule has 0 radical (unpaired) electrons. The third-order valence-corrected chi connectivity index (χ3v) is 7.02. The van der Waals surface area contributed by atoms with Crippen molar-refractivity contribution in [1.29, 1.82) is 0 Å². The summed E-state index contributed by atoms with van der Waals surface area (Å²) in [5.74, 6) is 1.90. The van der Waals surface area contributed by atoms with E-state index in [4.69, 9.17) is 26.8 Å². The summed E-state index contributed by atoms with van der Waals surface area (Å²) < 4.78 is 16.4. The normalized spacial score (nSPS) is 17.1. The molecule has 2 aliphatic heterocycles. The zero-order valence-corrected chi connectivity index (χ0v) is 21.2. The van der Waals surface area contributed by atoms with Crippen molar-refractivity contribution < 1.29 is 9.47 Å². The first kappa shape index (κ1) is 23.8. The van der Waals surface area contributed by atoms with Gasteiger partial charge in [-0.15, -0.1) is 5.10 Å². The van der Waals surface area contributed by atoms with E-state index in [-0.39, 0.29) is 0 Å². The van der Waals surface area contributed by atoms with E-state index in [1.165, 1.54) is 11.3 Å². The third-order valence-electron chi connectivity index (χ3n) is 6.59. The molecule has 3 aromatic rings.